The molecule has 0 radical (unpaired) electrons. The molecule has 126 valence electrons. The average Bonchev–Trinajstić information content (AvgIpc) is 3.16. The third kappa shape index (κ3) is 4.66. The minimum atomic E-state index is 0.523. The van der Waals surface area contributed by atoms with Gasteiger partial charge in [-0.05, 0) is 65.4 Å². The molecule has 0 aliphatic carbocycles. The predicted octanol–water partition coefficient (Wildman–Crippen LogP) is 5.82. The second-order valence-electron chi connectivity index (χ2n) is 5.70. The monoisotopic (exact) mass is 332 g/mol. The van der Waals surface area contributed by atoms with Gasteiger partial charge in [0.15, 0.2) is 0 Å². The molecule has 0 saturated carbocycles. The van der Waals surface area contributed by atoms with Gasteiger partial charge in [0.1, 0.15) is 5.75 Å². The lowest BCUT2D eigenvalue weighted by atomic mass is 10.1. The van der Waals surface area contributed by atoms with Gasteiger partial charge in [-0.1, -0.05) is 35.4 Å². The molecule has 0 atom stereocenters. The molecule has 0 fully saturated rings. The first-order chi connectivity index (χ1) is 12.4. The number of hydrogen-bond acceptors (Lipinski definition) is 2. The molecule has 0 bridgehead atoms. The van der Waals surface area contributed by atoms with Crippen molar-refractivity contribution in [3.05, 3.63) is 77.3 Å². The van der Waals surface area contributed by atoms with Crippen molar-refractivity contribution in [1.29, 1.82) is 0 Å². The van der Waals surface area contributed by atoms with Gasteiger partial charge in [0, 0.05) is 23.3 Å². The Balaban J connectivity index is 1.57. The Morgan fingerprint density at radius 3 is 2.48 bits per heavy atom. The van der Waals surface area contributed by atoms with Gasteiger partial charge in [0.05, 0.1) is 6.61 Å². The summed E-state index contributed by atoms with van der Waals surface area (Å²) in [7, 11) is 0. The van der Waals surface area contributed by atoms with E-state index in [0.717, 1.165) is 29.8 Å². The molecule has 0 spiro atoms. The van der Waals surface area contributed by atoms with Crippen LogP contribution in [0.5, 0.6) is 5.75 Å². The molecule has 5 heteroatoms. The summed E-state index contributed by atoms with van der Waals surface area (Å²) >= 11 is 0. The molecule has 0 aliphatic heterocycles. The fraction of sp³-hybridized carbons (Fsp3) is 0.200. The zero-order valence-corrected chi connectivity index (χ0v) is 13.9. The molecule has 1 N–H and O–H groups in total. The summed E-state index contributed by atoms with van der Waals surface area (Å²) < 4.78 is 5.71. The lowest BCUT2D eigenvalue weighted by Gasteiger charge is -2.06. The van der Waals surface area contributed by atoms with E-state index in [1.54, 1.807) is 0 Å². The highest BCUT2D eigenvalue weighted by molar-refractivity contribution is 5.71. The van der Waals surface area contributed by atoms with Crippen molar-refractivity contribution in [2.75, 3.05) is 13.2 Å². The van der Waals surface area contributed by atoms with Gasteiger partial charge in [-0.2, -0.15) is 0 Å². The van der Waals surface area contributed by atoms with Crippen molar-refractivity contribution in [2.45, 2.75) is 12.8 Å². The van der Waals surface area contributed by atoms with Gasteiger partial charge >= 0.3 is 0 Å². The molecule has 0 aliphatic rings. The highest BCUT2D eigenvalue weighted by Gasteiger charge is 2.04. The number of hydrogen-bond donors (Lipinski definition) is 1. The lowest BCUT2D eigenvalue weighted by molar-refractivity contribution is 0.308. The Kier molecular flexibility index (Phi) is 5.75. The molecule has 1 heterocycles. The summed E-state index contributed by atoms with van der Waals surface area (Å²) in [4.78, 5) is 6.06. The van der Waals surface area contributed by atoms with Gasteiger partial charge in [0.25, 0.3) is 0 Å². The predicted molar refractivity (Wildman–Crippen MR) is 100 cm³/mol. The second-order valence-corrected chi connectivity index (χ2v) is 5.70. The minimum Gasteiger partial charge on any atom is -0.494 e. The Bertz CT molecular complexity index is 834. The van der Waals surface area contributed by atoms with Crippen LogP contribution in [0.3, 0.4) is 0 Å². The number of aromatic amines is 1. The lowest BCUT2D eigenvalue weighted by Crippen LogP contribution is -1.97. The molecule has 0 saturated heterocycles. The van der Waals surface area contributed by atoms with Gasteiger partial charge in [0.2, 0.25) is 0 Å². The normalized spacial score (nSPS) is 10.2. The molecule has 25 heavy (non-hydrogen) atoms. The molecule has 3 aromatic rings. The quantitative estimate of drug-likeness (QED) is 0.240. The van der Waals surface area contributed by atoms with Gasteiger partial charge in [-0.3, -0.25) is 0 Å². The van der Waals surface area contributed by atoms with Crippen LogP contribution in [0.15, 0.2) is 72.0 Å². The molecule has 0 unspecified atom stereocenters. The van der Waals surface area contributed by atoms with Crippen LogP contribution in [0.4, 0.5) is 0 Å². The maximum absolute atomic E-state index is 8.21. The summed E-state index contributed by atoms with van der Waals surface area (Å²) in [5, 5.41) is 3.51. The van der Waals surface area contributed by atoms with Crippen LogP contribution in [0.1, 0.15) is 12.8 Å². The molecule has 5 nitrogen and oxygen atoms in total. The molecule has 1 aromatic heterocycles. The van der Waals surface area contributed by atoms with Crippen molar-refractivity contribution < 1.29 is 4.74 Å². The average molecular weight is 332 g/mol. The summed E-state index contributed by atoms with van der Waals surface area (Å²) in [6.45, 7) is 1.15. The van der Waals surface area contributed by atoms with Crippen LogP contribution in [0.25, 0.3) is 32.8 Å². The van der Waals surface area contributed by atoms with Crippen molar-refractivity contribution in [2.24, 2.45) is 5.11 Å². The highest BCUT2D eigenvalue weighted by Crippen LogP contribution is 2.27. The maximum Gasteiger partial charge on any atom is 0.119 e. The number of nitrogens with one attached hydrogen (secondary N) is 1. The third-order valence-corrected chi connectivity index (χ3v) is 3.94. The topological polar surface area (TPSA) is 73.8 Å². The standard InChI is InChI=1S/C20H20N4O/c21-24-23-12-4-5-13-25-19-10-8-17(9-11-19)20-14-18(15-22-20)16-6-2-1-3-7-16/h1-3,6-11,14-15,22H,4-5,12-13H2. The van der Waals surface area contributed by atoms with Crippen LogP contribution >= 0.6 is 0 Å². The fourth-order valence-electron chi connectivity index (χ4n) is 2.61. The first kappa shape index (κ1) is 16.7. The summed E-state index contributed by atoms with van der Waals surface area (Å²) in [5.41, 5.74) is 12.8. The zero-order chi connectivity index (χ0) is 17.3. The van der Waals surface area contributed by atoms with E-state index in [-0.39, 0.29) is 0 Å². The van der Waals surface area contributed by atoms with E-state index in [1.807, 2.05) is 36.5 Å². The van der Waals surface area contributed by atoms with Crippen molar-refractivity contribution in [3.63, 3.8) is 0 Å². The van der Waals surface area contributed by atoms with E-state index in [0.29, 0.717) is 13.2 Å². The van der Waals surface area contributed by atoms with E-state index in [1.165, 1.54) is 11.1 Å². The Labute approximate surface area is 146 Å². The minimum absolute atomic E-state index is 0.523. The first-order valence-corrected chi connectivity index (χ1v) is 8.35. The third-order valence-electron chi connectivity index (χ3n) is 3.94. The van der Waals surface area contributed by atoms with Crippen molar-refractivity contribution in [1.82, 2.24) is 4.98 Å². The first-order valence-electron chi connectivity index (χ1n) is 8.35. The van der Waals surface area contributed by atoms with Crippen LogP contribution < -0.4 is 4.74 Å². The number of aromatic nitrogens is 1. The second kappa shape index (κ2) is 8.62. The van der Waals surface area contributed by atoms with Crippen molar-refractivity contribution in [3.8, 4) is 28.1 Å². The van der Waals surface area contributed by atoms with E-state index >= 15 is 0 Å². The number of H-pyrrole nitrogens is 1. The van der Waals surface area contributed by atoms with Gasteiger partial charge in [-0.25, -0.2) is 0 Å². The van der Waals surface area contributed by atoms with Crippen LogP contribution in [-0.4, -0.2) is 18.1 Å². The largest absolute Gasteiger partial charge is 0.494 e. The fourth-order valence-corrected chi connectivity index (χ4v) is 2.61. The molecule has 0 amide bonds. The Morgan fingerprint density at radius 2 is 1.72 bits per heavy atom. The summed E-state index contributed by atoms with van der Waals surface area (Å²) in [6, 6.07) is 20.5. The van der Waals surface area contributed by atoms with Gasteiger partial charge in [-0.15, -0.1) is 0 Å². The van der Waals surface area contributed by atoms with E-state index in [4.69, 9.17) is 10.3 Å². The van der Waals surface area contributed by atoms with Gasteiger partial charge < -0.3 is 9.72 Å². The van der Waals surface area contributed by atoms with Crippen LogP contribution in [-0.2, 0) is 0 Å². The van der Waals surface area contributed by atoms with Crippen LogP contribution in [0, 0.1) is 0 Å². The van der Waals surface area contributed by atoms with E-state index in [2.05, 4.69) is 45.3 Å². The smallest absolute Gasteiger partial charge is 0.119 e. The number of benzene rings is 2. The number of azide groups is 1. The number of rotatable bonds is 8. The summed E-state index contributed by atoms with van der Waals surface area (Å²) in [5.74, 6) is 0.849. The Morgan fingerprint density at radius 1 is 0.920 bits per heavy atom. The van der Waals surface area contributed by atoms with Crippen molar-refractivity contribution >= 4 is 0 Å². The number of ether oxygens (including phenoxy) is 1. The SMILES string of the molecule is [N-]=[N+]=NCCCCOc1ccc(-c2cc(-c3ccccc3)c[nH]2)cc1. The molecular weight excluding hydrogens is 312 g/mol. The van der Waals surface area contributed by atoms with E-state index < -0.39 is 0 Å². The molecule has 2 aromatic carbocycles. The highest BCUT2D eigenvalue weighted by atomic mass is 16.5. The number of unbranched alkanes of at least 4 members (excludes halogenated alkanes) is 1. The summed E-state index contributed by atoms with van der Waals surface area (Å²) in [6.07, 6.45) is 3.74. The molecule has 3 rings (SSSR count). The zero-order valence-electron chi connectivity index (χ0n) is 13.9. The molecular formula is C20H20N4O. The van der Waals surface area contributed by atoms with Crippen LogP contribution in [0.2, 0.25) is 0 Å². The maximum atomic E-state index is 8.21. The Hall–Kier alpha value is -3.17. The van der Waals surface area contributed by atoms with E-state index in [9.17, 15) is 0 Å². The number of nitrogens with zero attached hydrogens (tertiary/aromatic N) is 3.